The van der Waals surface area contributed by atoms with Gasteiger partial charge in [-0.2, -0.15) is 0 Å². The molecule has 2 fully saturated rings. The molecule has 5 nitrogen and oxygen atoms in total. The van der Waals surface area contributed by atoms with E-state index in [2.05, 4.69) is 0 Å². The molecule has 0 radical (unpaired) electrons. The van der Waals surface area contributed by atoms with E-state index in [1.807, 2.05) is 43.9 Å². The highest BCUT2D eigenvalue weighted by atomic mass is 16.6. The predicted molar refractivity (Wildman–Crippen MR) is 90.5 cm³/mol. The summed E-state index contributed by atoms with van der Waals surface area (Å²) in [5.74, 6) is 1.98. The Morgan fingerprint density at radius 3 is 2.67 bits per heavy atom. The molecule has 5 heteroatoms. The molecule has 0 N–H and O–H groups in total. The van der Waals surface area contributed by atoms with E-state index >= 15 is 0 Å². The maximum Gasteiger partial charge on any atom is 0.410 e. The van der Waals surface area contributed by atoms with Crippen molar-refractivity contribution in [3.63, 3.8) is 0 Å². The molecule has 1 aliphatic heterocycles. The number of nitrogens with zero attached hydrogens (tertiary/aromatic N) is 1. The first-order valence-electron chi connectivity index (χ1n) is 8.43. The fourth-order valence-electron chi connectivity index (χ4n) is 3.84. The Morgan fingerprint density at radius 1 is 1.29 bits per heavy atom. The molecule has 3 rings (SSSR count). The molecule has 1 heterocycles. The molecule has 3 atom stereocenters. The highest BCUT2D eigenvalue weighted by molar-refractivity contribution is 5.79. The van der Waals surface area contributed by atoms with E-state index in [0.29, 0.717) is 29.1 Å². The van der Waals surface area contributed by atoms with Crippen molar-refractivity contribution in [2.45, 2.75) is 38.7 Å². The van der Waals surface area contributed by atoms with Crippen molar-refractivity contribution in [1.29, 1.82) is 0 Å². The maximum atomic E-state index is 12.2. The van der Waals surface area contributed by atoms with E-state index in [0.717, 1.165) is 31.4 Å². The molecule has 0 bridgehead atoms. The summed E-state index contributed by atoms with van der Waals surface area (Å²) >= 11 is 0. The lowest BCUT2D eigenvalue weighted by atomic mass is 9.64. The zero-order valence-corrected chi connectivity index (χ0v) is 14.7. The minimum absolute atomic E-state index is 0.223. The second kappa shape index (κ2) is 6.11. The maximum absolute atomic E-state index is 12.2. The molecule has 1 aromatic rings. The normalized spacial score (nSPS) is 25.7. The Kier molecular flexibility index (Phi) is 4.28. The number of ether oxygens (including phenoxy) is 2. The van der Waals surface area contributed by atoms with Crippen LogP contribution in [0.5, 0.6) is 5.75 Å². The van der Waals surface area contributed by atoms with Gasteiger partial charge in [-0.3, -0.25) is 4.79 Å². The number of carbonyl (C=O) groups is 2. The summed E-state index contributed by atoms with van der Waals surface area (Å²) in [5, 5.41) is 0. The standard InChI is InChI=1S/C19H25NO4/c1-19(2,3)24-18(22)20-9-13-8-15(16(13)10-20)12-5-6-17(23-4)14(7-12)11-21/h5-7,11,13,15-16H,8-10H2,1-4H3. The van der Waals surface area contributed by atoms with Crippen LogP contribution in [0.25, 0.3) is 0 Å². The van der Waals surface area contributed by atoms with Gasteiger partial charge in [0.2, 0.25) is 0 Å². The first kappa shape index (κ1) is 16.8. The van der Waals surface area contributed by atoms with Crippen LogP contribution in [0, 0.1) is 11.8 Å². The van der Waals surface area contributed by atoms with Crippen molar-refractivity contribution in [2.75, 3.05) is 20.2 Å². The second-order valence-corrected chi connectivity index (χ2v) is 7.77. The van der Waals surface area contributed by atoms with E-state index in [9.17, 15) is 9.59 Å². The number of fused-ring (bicyclic) bond motifs is 1. The van der Waals surface area contributed by atoms with Gasteiger partial charge in [0, 0.05) is 13.1 Å². The van der Waals surface area contributed by atoms with Crippen LogP contribution in [0.2, 0.25) is 0 Å². The van der Waals surface area contributed by atoms with Gasteiger partial charge in [-0.1, -0.05) is 6.07 Å². The van der Waals surface area contributed by atoms with Crippen LogP contribution < -0.4 is 4.74 Å². The lowest BCUT2D eigenvalue weighted by Gasteiger charge is -2.39. The van der Waals surface area contributed by atoms with Crippen LogP contribution in [0.1, 0.15) is 49.0 Å². The van der Waals surface area contributed by atoms with E-state index in [-0.39, 0.29) is 6.09 Å². The quantitative estimate of drug-likeness (QED) is 0.796. The van der Waals surface area contributed by atoms with Gasteiger partial charge in [0.25, 0.3) is 0 Å². The fraction of sp³-hybridized carbons (Fsp3) is 0.579. The third-order valence-electron chi connectivity index (χ3n) is 5.03. The van der Waals surface area contributed by atoms with Gasteiger partial charge in [-0.15, -0.1) is 0 Å². The lowest BCUT2D eigenvalue weighted by molar-refractivity contribution is 0.0288. The summed E-state index contributed by atoms with van der Waals surface area (Å²) < 4.78 is 10.7. The summed E-state index contributed by atoms with van der Waals surface area (Å²) in [6, 6.07) is 5.80. The summed E-state index contributed by atoms with van der Waals surface area (Å²) in [7, 11) is 1.57. The molecule has 1 saturated carbocycles. The number of methoxy groups -OCH3 is 1. The predicted octanol–water partition coefficient (Wildman–Crippen LogP) is 3.48. The highest BCUT2D eigenvalue weighted by Gasteiger charge is 2.49. The molecule has 2 aliphatic rings. The van der Waals surface area contributed by atoms with Crippen LogP contribution in [-0.4, -0.2) is 43.1 Å². The van der Waals surface area contributed by atoms with Gasteiger partial charge in [0.05, 0.1) is 12.7 Å². The van der Waals surface area contributed by atoms with E-state index in [1.54, 1.807) is 7.11 Å². The first-order valence-corrected chi connectivity index (χ1v) is 8.43. The summed E-state index contributed by atoms with van der Waals surface area (Å²) in [6.07, 6.45) is 1.66. The van der Waals surface area contributed by atoms with Crippen molar-refractivity contribution in [3.8, 4) is 5.75 Å². The van der Waals surface area contributed by atoms with Gasteiger partial charge in [-0.05, 0) is 62.6 Å². The number of carbonyl (C=O) groups excluding carboxylic acids is 2. The Bertz CT molecular complexity index is 649. The largest absolute Gasteiger partial charge is 0.496 e. The number of rotatable bonds is 3. The Morgan fingerprint density at radius 2 is 2.04 bits per heavy atom. The third kappa shape index (κ3) is 3.12. The van der Waals surface area contributed by atoms with Gasteiger partial charge in [0.1, 0.15) is 11.4 Å². The third-order valence-corrected chi connectivity index (χ3v) is 5.03. The van der Waals surface area contributed by atoms with E-state index in [1.165, 1.54) is 0 Å². The molecule has 1 saturated heterocycles. The lowest BCUT2D eigenvalue weighted by Crippen LogP contribution is -2.35. The van der Waals surface area contributed by atoms with Crippen molar-refractivity contribution < 1.29 is 19.1 Å². The van der Waals surface area contributed by atoms with Crippen molar-refractivity contribution in [3.05, 3.63) is 29.3 Å². The Labute approximate surface area is 142 Å². The molecule has 1 aromatic carbocycles. The van der Waals surface area contributed by atoms with Crippen LogP contribution >= 0.6 is 0 Å². The van der Waals surface area contributed by atoms with Crippen LogP contribution in [0.4, 0.5) is 4.79 Å². The van der Waals surface area contributed by atoms with Crippen LogP contribution in [0.15, 0.2) is 18.2 Å². The van der Waals surface area contributed by atoms with Crippen LogP contribution in [-0.2, 0) is 4.74 Å². The molecular weight excluding hydrogens is 306 g/mol. The molecule has 130 valence electrons. The highest BCUT2D eigenvalue weighted by Crippen LogP contribution is 2.51. The molecular formula is C19H25NO4. The summed E-state index contributed by atoms with van der Waals surface area (Å²) in [5.41, 5.74) is 1.28. The average Bonchev–Trinajstić information content (AvgIpc) is 2.83. The van der Waals surface area contributed by atoms with E-state index < -0.39 is 5.60 Å². The zero-order valence-electron chi connectivity index (χ0n) is 14.7. The number of benzene rings is 1. The average molecular weight is 331 g/mol. The van der Waals surface area contributed by atoms with Crippen molar-refractivity contribution >= 4 is 12.4 Å². The first-order chi connectivity index (χ1) is 11.3. The molecule has 0 spiro atoms. The summed E-state index contributed by atoms with van der Waals surface area (Å²) in [6.45, 7) is 7.16. The fourth-order valence-corrected chi connectivity index (χ4v) is 3.84. The number of aldehydes is 1. The minimum Gasteiger partial charge on any atom is -0.496 e. The minimum atomic E-state index is -0.465. The molecule has 3 unspecified atom stereocenters. The number of hydrogen-bond donors (Lipinski definition) is 0. The van der Waals surface area contributed by atoms with Crippen molar-refractivity contribution in [2.24, 2.45) is 11.8 Å². The SMILES string of the molecule is COc1ccc(C2CC3CN(C(=O)OC(C)(C)C)CC32)cc1C=O. The molecule has 0 aromatic heterocycles. The van der Waals surface area contributed by atoms with Gasteiger partial charge >= 0.3 is 6.09 Å². The van der Waals surface area contributed by atoms with E-state index in [4.69, 9.17) is 9.47 Å². The Balaban J connectivity index is 1.68. The van der Waals surface area contributed by atoms with Gasteiger partial charge in [0.15, 0.2) is 6.29 Å². The molecule has 24 heavy (non-hydrogen) atoms. The number of amides is 1. The number of likely N-dealkylation sites (tertiary alicyclic amines) is 1. The molecule has 1 aliphatic carbocycles. The number of hydrogen-bond acceptors (Lipinski definition) is 4. The Hall–Kier alpha value is -2.04. The van der Waals surface area contributed by atoms with Gasteiger partial charge in [-0.25, -0.2) is 4.79 Å². The molecule has 1 amide bonds. The zero-order chi connectivity index (χ0) is 17.5. The topological polar surface area (TPSA) is 55.8 Å². The summed E-state index contributed by atoms with van der Waals surface area (Å²) in [4.78, 5) is 25.3. The smallest absolute Gasteiger partial charge is 0.410 e. The van der Waals surface area contributed by atoms with Gasteiger partial charge < -0.3 is 14.4 Å². The second-order valence-electron chi connectivity index (χ2n) is 7.77. The van der Waals surface area contributed by atoms with Crippen molar-refractivity contribution in [1.82, 2.24) is 4.90 Å². The monoisotopic (exact) mass is 331 g/mol. The van der Waals surface area contributed by atoms with Crippen LogP contribution in [0.3, 0.4) is 0 Å².